The molecule has 0 saturated heterocycles. The lowest BCUT2D eigenvalue weighted by Crippen LogP contribution is -2.04. The summed E-state index contributed by atoms with van der Waals surface area (Å²) in [5, 5.41) is 8.30. The van der Waals surface area contributed by atoms with Gasteiger partial charge in [-0.25, -0.2) is 0 Å². The first kappa shape index (κ1) is 10.7. The molecule has 84 valence electrons. The van der Waals surface area contributed by atoms with Gasteiger partial charge in [-0.15, -0.1) is 0 Å². The van der Waals surface area contributed by atoms with Crippen molar-refractivity contribution in [3.63, 3.8) is 0 Å². The molecule has 0 aliphatic carbocycles. The topological polar surface area (TPSA) is 39.9 Å². The minimum absolute atomic E-state index is 0.399. The average molecular weight is 217 g/mol. The molecule has 1 aromatic heterocycles. The summed E-state index contributed by atoms with van der Waals surface area (Å²) in [5.41, 5.74) is 2.18. The lowest BCUT2D eigenvalue weighted by atomic mass is 10.0. The Kier molecular flexibility index (Phi) is 2.90. The fourth-order valence-corrected chi connectivity index (χ4v) is 1.64. The molecule has 1 heterocycles. The van der Waals surface area contributed by atoms with E-state index in [1.807, 2.05) is 18.2 Å². The lowest BCUT2D eigenvalue weighted by molar-refractivity contribution is 0.414. The molecule has 16 heavy (non-hydrogen) atoms. The zero-order valence-corrected chi connectivity index (χ0v) is 9.71. The summed E-state index contributed by atoms with van der Waals surface area (Å²) in [6.07, 6.45) is 3.35. The summed E-state index contributed by atoms with van der Waals surface area (Å²) < 4.78 is 5.23. The van der Waals surface area contributed by atoms with Crippen LogP contribution in [0.4, 0.5) is 0 Å². The Labute approximate surface area is 94.9 Å². The highest BCUT2D eigenvalue weighted by atomic mass is 16.5. The number of nitrogens with zero attached hydrogens (tertiary/aromatic N) is 3. The maximum absolute atomic E-state index is 5.23. The molecule has 0 spiro atoms. The van der Waals surface area contributed by atoms with Crippen LogP contribution in [0, 0.1) is 0 Å². The Morgan fingerprint density at radius 3 is 2.44 bits per heavy atom. The molecule has 0 bridgehead atoms. The molecule has 2 rings (SSSR count). The van der Waals surface area contributed by atoms with Gasteiger partial charge in [0, 0.05) is 0 Å². The average Bonchev–Trinajstić information content (AvgIpc) is 2.81. The summed E-state index contributed by atoms with van der Waals surface area (Å²) >= 11 is 0. The predicted molar refractivity (Wildman–Crippen MR) is 62.0 cm³/mol. The molecule has 0 radical (unpaired) electrons. The van der Waals surface area contributed by atoms with Crippen LogP contribution in [0.25, 0.3) is 5.69 Å². The Morgan fingerprint density at radius 2 is 1.88 bits per heavy atom. The van der Waals surface area contributed by atoms with Crippen molar-refractivity contribution in [1.29, 1.82) is 0 Å². The third-order valence-electron chi connectivity index (χ3n) is 2.49. The van der Waals surface area contributed by atoms with Crippen LogP contribution < -0.4 is 4.74 Å². The molecule has 0 amide bonds. The zero-order valence-electron chi connectivity index (χ0n) is 9.71. The van der Waals surface area contributed by atoms with Crippen LogP contribution in [0.5, 0.6) is 5.75 Å². The van der Waals surface area contributed by atoms with Crippen LogP contribution in [0.3, 0.4) is 0 Å². The molecule has 0 fully saturated rings. The van der Waals surface area contributed by atoms with Gasteiger partial charge in [-0.2, -0.15) is 15.0 Å². The van der Waals surface area contributed by atoms with E-state index >= 15 is 0 Å². The SMILES string of the molecule is COc1ccc(-n2nccn2)c(C(C)C)c1. The second-order valence-corrected chi connectivity index (χ2v) is 3.90. The standard InChI is InChI=1S/C12H15N3O/c1-9(2)11-8-10(16-3)4-5-12(11)15-13-6-7-14-15/h4-9H,1-3H3. The molecular weight excluding hydrogens is 202 g/mol. The normalized spacial score (nSPS) is 10.8. The van der Waals surface area contributed by atoms with Gasteiger partial charge in [-0.05, 0) is 29.7 Å². The van der Waals surface area contributed by atoms with Crippen LogP contribution in [0.15, 0.2) is 30.6 Å². The minimum Gasteiger partial charge on any atom is -0.497 e. The fourth-order valence-electron chi connectivity index (χ4n) is 1.64. The molecule has 0 N–H and O–H groups in total. The maximum atomic E-state index is 5.23. The van der Waals surface area contributed by atoms with Crippen LogP contribution in [0.1, 0.15) is 25.3 Å². The number of hydrogen-bond donors (Lipinski definition) is 0. The second kappa shape index (κ2) is 4.35. The van der Waals surface area contributed by atoms with Crippen molar-refractivity contribution >= 4 is 0 Å². The molecule has 0 saturated carbocycles. The number of ether oxygens (including phenoxy) is 1. The van der Waals surface area contributed by atoms with Crippen molar-refractivity contribution in [3.8, 4) is 11.4 Å². The lowest BCUT2D eigenvalue weighted by Gasteiger charge is -2.13. The molecule has 0 unspecified atom stereocenters. The monoisotopic (exact) mass is 217 g/mol. The number of benzene rings is 1. The van der Waals surface area contributed by atoms with Crippen molar-refractivity contribution in [1.82, 2.24) is 15.0 Å². The van der Waals surface area contributed by atoms with Crippen molar-refractivity contribution in [2.45, 2.75) is 19.8 Å². The van der Waals surface area contributed by atoms with E-state index in [1.54, 1.807) is 24.3 Å². The van der Waals surface area contributed by atoms with Crippen molar-refractivity contribution in [2.75, 3.05) is 7.11 Å². The fraction of sp³-hybridized carbons (Fsp3) is 0.333. The molecule has 1 aromatic carbocycles. The predicted octanol–water partition coefficient (Wildman–Crippen LogP) is 2.40. The summed E-state index contributed by atoms with van der Waals surface area (Å²) in [6.45, 7) is 4.28. The smallest absolute Gasteiger partial charge is 0.119 e. The molecular formula is C12H15N3O. The molecule has 2 aromatic rings. The van der Waals surface area contributed by atoms with Gasteiger partial charge in [0.25, 0.3) is 0 Å². The molecule has 4 nitrogen and oxygen atoms in total. The Balaban J connectivity index is 2.53. The van der Waals surface area contributed by atoms with Crippen molar-refractivity contribution < 1.29 is 4.74 Å². The Morgan fingerprint density at radius 1 is 1.19 bits per heavy atom. The highest BCUT2D eigenvalue weighted by Gasteiger charge is 2.10. The second-order valence-electron chi connectivity index (χ2n) is 3.90. The van der Waals surface area contributed by atoms with Gasteiger partial charge in [0.1, 0.15) is 5.75 Å². The van der Waals surface area contributed by atoms with E-state index in [1.165, 1.54) is 5.56 Å². The Bertz CT molecular complexity index is 463. The summed E-state index contributed by atoms with van der Waals surface area (Å²) in [4.78, 5) is 1.63. The number of aromatic nitrogens is 3. The maximum Gasteiger partial charge on any atom is 0.119 e. The van der Waals surface area contributed by atoms with E-state index in [0.29, 0.717) is 5.92 Å². The van der Waals surface area contributed by atoms with Crippen LogP contribution in [0.2, 0.25) is 0 Å². The molecule has 4 heteroatoms. The number of methoxy groups -OCH3 is 1. The van der Waals surface area contributed by atoms with Gasteiger partial charge < -0.3 is 4.74 Å². The number of hydrogen-bond acceptors (Lipinski definition) is 3. The van der Waals surface area contributed by atoms with Gasteiger partial charge in [0.15, 0.2) is 0 Å². The van der Waals surface area contributed by atoms with Gasteiger partial charge in [0.2, 0.25) is 0 Å². The first-order valence-corrected chi connectivity index (χ1v) is 5.27. The van der Waals surface area contributed by atoms with Gasteiger partial charge in [0.05, 0.1) is 25.2 Å². The number of rotatable bonds is 3. The van der Waals surface area contributed by atoms with Crippen LogP contribution in [-0.2, 0) is 0 Å². The zero-order chi connectivity index (χ0) is 11.5. The quantitative estimate of drug-likeness (QED) is 0.792. The van der Waals surface area contributed by atoms with Crippen LogP contribution >= 0.6 is 0 Å². The summed E-state index contributed by atoms with van der Waals surface area (Å²) in [7, 11) is 1.67. The third-order valence-corrected chi connectivity index (χ3v) is 2.49. The van der Waals surface area contributed by atoms with E-state index in [-0.39, 0.29) is 0 Å². The van der Waals surface area contributed by atoms with Gasteiger partial charge >= 0.3 is 0 Å². The molecule has 0 aliphatic rings. The van der Waals surface area contributed by atoms with E-state index in [9.17, 15) is 0 Å². The van der Waals surface area contributed by atoms with Crippen LogP contribution in [-0.4, -0.2) is 22.1 Å². The summed E-state index contributed by atoms with van der Waals surface area (Å²) in [5.74, 6) is 1.26. The molecule has 0 atom stereocenters. The van der Waals surface area contributed by atoms with Crippen molar-refractivity contribution in [3.05, 3.63) is 36.2 Å². The Hall–Kier alpha value is -1.84. The van der Waals surface area contributed by atoms with E-state index in [0.717, 1.165) is 11.4 Å². The van der Waals surface area contributed by atoms with E-state index in [4.69, 9.17) is 4.74 Å². The summed E-state index contributed by atoms with van der Waals surface area (Å²) in [6, 6.07) is 5.93. The minimum atomic E-state index is 0.399. The highest BCUT2D eigenvalue weighted by Crippen LogP contribution is 2.26. The van der Waals surface area contributed by atoms with Gasteiger partial charge in [-0.1, -0.05) is 13.8 Å². The van der Waals surface area contributed by atoms with Gasteiger partial charge in [-0.3, -0.25) is 0 Å². The first-order chi connectivity index (χ1) is 7.72. The highest BCUT2D eigenvalue weighted by molar-refractivity contribution is 5.46. The first-order valence-electron chi connectivity index (χ1n) is 5.27. The largest absolute Gasteiger partial charge is 0.497 e. The third kappa shape index (κ3) is 1.91. The molecule has 0 aliphatic heterocycles. The van der Waals surface area contributed by atoms with E-state index in [2.05, 4.69) is 24.0 Å². The van der Waals surface area contributed by atoms with E-state index < -0.39 is 0 Å². The van der Waals surface area contributed by atoms with Crippen molar-refractivity contribution in [2.24, 2.45) is 0 Å².